The van der Waals surface area contributed by atoms with E-state index >= 15 is 0 Å². The first-order chi connectivity index (χ1) is 24.5. The first kappa shape index (κ1) is 34.6. The van der Waals surface area contributed by atoms with Gasteiger partial charge in [-0.2, -0.15) is 5.10 Å². The molecule has 2 bridgehead atoms. The highest BCUT2D eigenvalue weighted by Crippen LogP contribution is 2.39. The third-order valence-corrected chi connectivity index (χ3v) is 10.1. The van der Waals surface area contributed by atoms with Crippen LogP contribution in [0.15, 0.2) is 49.4 Å². The number of ether oxygens (including phenoxy) is 5. The van der Waals surface area contributed by atoms with E-state index in [9.17, 15) is 0 Å². The highest BCUT2D eigenvalue weighted by atomic mass is 35.5. The topological polar surface area (TPSA) is 136 Å². The van der Waals surface area contributed by atoms with Crippen molar-refractivity contribution in [2.24, 2.45) is 0 Å². The van der Waals surface area contributed by atoms with E-state index in [-0.39, 0.29) is 6.10 Å². The molecule has 1 aromatic carbocycles. The number of fused-ring (bicyclic) bond motifs is 2. The summed E-state index contributed by atoms with van der Waals surface area (Å²) in [6.45, 7) is 6.10. The van der Waals surface area contributed by atoms with Crippen molar-refractivity contribution in [3.05, 3.63) is 54.5 Å². The second-order valence-electron chi connectivity index (χ2n) is 13.2. The largest absolute Gasteiger partial charge is 0.487 e. The van der Waals surface area contributed by atoms with E-state index in [1.54, 1.807) is 30.5 Å². The van der Waals surface area contributed by atoms with E-state index in [1.807, 2.05) is 31.3 Å². The van der Waals surface area contributed by atoms with E-state index in [4.69, 9.17) is 40.4 Å². The fourth-order valence-corrected chi connectivity index (χ4v) is 7.52. The molecule has 50 heavy (non-hydrogen) atoms. The van der Waals surface area contributed by atoms with Gasteiger partial charge in [-0.15, -0.1) is 5.10 Å². The molecule has 1 N–H and O–H groups in total. The minimum atomic E-state index is -0.170. The summed E-state index contributed by atoms with van der Waals surface area (Å²) < 4.78 is 32.6. The van der Waals surface area contributed by atoms with Gasteiger partial charge in [0.1, 0.15) is 36.8 Å². The minimum Gasteiger partial charge on any atom is -0.487 e. The molecule has 14 nitrogen and oxygen atoms in total. The maximum atomic E-state index is 6.48. The Labute approximate surface area is 297 Å². The molecule has 4 aromatic rings. The van der Waals surface area contributed by atoms with Crippen molar-refractivity contribution in [1.82, 2.24) is 39.4 Å². The molecule has 5 heterocycles. The first-order valence-corrected chi connectivity index (χ1v) is 17.9. The van der Waals surface area contributed by atoms with E-state index in [2.05, 4.69) is 34.9 Å². The maximum absolute atomic E-state index is 6.48. The highest BCUT2D eigenvalue weighted by molar-refractivity contribution is 6.32. The van der Waals surface area contributed by atoms with Gasteiger partial charge in [-0.05, 0) is 63.1 Å². The number of nitrogens with one attached hydrogen (secondary N) is 1. The van der Waals surface area contributed by atoms with Crippen LogP contribution >= 0.6 is 11.6 Å². The first-order valence-electron chi connectivity index (χ1n) is 17.6. The van der Waals surface area contributed by atoms with Crippen LogP contribution in [0.3, 0.4) is 0 Å². The zero-order valence-electron chi connectivity index (χ0n) is 28.7. The fourth-order valence-electron chi connectivity index (χ4n) is 7.35. The Hall–Kier alpha value is -3.82. The molecule has 2 saturated heterocycles. The predicted molar refractivity (Wildman–Crippen MR) is 187 cm³/mol. The predicted octanol–water partition coefficient (Wildman–Crippen LogP) is 5.18. The Morgan fingerprint density at radius 1 is 0.940 bits per heavy atom. The lowest BCUT2D eigenvalue weighted by atomic mass is 9.89. The molecular formula is C35H46ClN9O5. The lowest BCUT2D eigenvalue weighted by Gasteiger charge is -2.43. The van der Waals surface area contributed by atoms with Crippen LogP contribution in [0.4, 0.5) is 11.6 Å². The molecule has 1 saturated carbocycles. The van der Waals surface area contributed by atoms with E-state index < -0.39 is 0 Å². The molecule has 268 valence electrons. The molecule has 3 aliphatic rings. The van der Waals surface area contributed by atoms with Crippen LogP contribution in [-0.2, 0) is 20.8 Å². The Morgan fingerprint density at radius 2 is 1.68 bits per heavy atom. The summed E-state index contributed by atoms with van der Waals surface area (Å²) >= 11 is 6.48. The average Bonchev–Trinajstić information content (AvgIpc) is 3.85. The second kappa shape index (κ2) is 16.5. The Morgan fingerprint density at radius 3 is 2.42 bits per heavy atom. The van der Waals surface area contributed by atoms with Gasteiger partial charge in [0.05, 0.1) is 56.8 Å². The normalized spacial score (nSPS) is 22.8. The Balaban J connectivity index is 1.01. The summed E-state index contributed by atoms with van der Waals surface area (Å²) in [6.07, 6.45) is 15.5. The maximum Gasteiger partial charge on any atom is 0.257 e. The minimum absolute atomic E-state index is 0.170. The third kappa shape index (κ3) is 8.37. The number of benzene rings is 1. The van der Waals surface area contributed by atoms with Gasteiger partial charge in [-0.25, -0.2) is 19.6 Å². The lowest BCUT2D eigenvalue weighted by Crippen LogP contribution is -2.52. The van der Waals surface area contributed by atoms with Crippen LogP contribution in [0.5, 0.6) is 11.6 Å². The molecule has 3 fully saturated rings. The number of methoxy groups -OCH3 is 1. The number of anilines is 2. The van der Waals surface area contributed by atoms with Crippen molar-refractivity contribution in [2.75, 3.05) is 52.1 Å². The van der Waals surface area contributed by atoms with Gasteiger partial charge in [-0.1, -0.05) is 17.7 Å². The zero-order chi connectivity index (χ0) is 34.3. The number of morpholine rings is 1. The number of nitrogens with zero attached hydrogens (tertiary/aromatic N) is 8. The third-order valence-electron chi connectivity index (χ3n) is 9.76. The van der Waals surface area contributed by atoms with Gasteiger partial charge in [0.25, 0.3) is 5.88 Å². The van der Waals surface area contributed by atoms with Crippen LogP contribution in [0, 0.1) is 0 Å². The molecular weight excluding hydrogens is 662 g/mol. The van der Waals surface area contributed by atoms with E-state index in [0.29, 0.717) is 85.4 Å². The molecule has 1 unspecified atom stereocenters. The van der Waals surface area contributed by atoms with Crippen LogP contribution in [0.1, 0.15) is 51.5 Å². The zero-order valence-corrected chi connectivity index (χ0v) is 29.5. The van der Waals surface area contributed by atoms with E-state index in [1.165, 1.54) is 19.2 Å². The van der Waals surface area contributed by atoms with Crippen molar-refractivity contribution < 1.29 is 23.7 Å². The quantitative estimate of drug-likeness (QED) is 0.154. The van der Waals surface area contributed by atoms with Crippen molar-refractivity contribution in [3.63, 3.8) is 0 Å². The number of halogens is 1. The molecule has 0 spiro atoms. The summed E-state index contributed by atoms with van der Waals surface area (Å²) in [5.41, 5.74) is 2.42. The summed E-state index contributed by atoms with van der Waals surface area (Å²) in [6, 6.07) is 7.73. The van der Waals surface area contributed by atoms with Crippen molar-refractivity contribution >= 4 is 23.2 Å². The standard InChI is InChI=1S/C35H46ClN9O5/c1-24(18-43-23-37-22-40-43)50-33-15-25(3-10-31(33)36)26-16-38-35(39-17-26)41-32-19-44(42-34(32)49-14-13-47-12-11-46-2)27-4-6-28(7-5-27)45-29-8-9-30(45)21-48-20-29/h3,10,15-17,19,22-24,27-30H,4-9,11-14,18,20-21H2,1-2H3,(H,38,39,41)/t24-,27-,28-,29+,30?/m0/s1. The molecule has 3 aromatic heterocycles. The van der Waals surface area contributed by atoms with Crippen LogP contribution in [0.2, 0.25) is 5.02 Å². The van der Waals surface area contributed by atoms with E-state index in [0.717, 1.165) is 50.0 Å². The summed E-state index contributed by atoms with van der Waals surface area (Å²) in [7, 11) is 1.66. The van der Waals surface area contributed by atoms with Crippen molar-refractivity contribution in [1.29, 1.82) is 0 Å². The molecule has 15 heteroatoms. The molecule has 3 atom stereocenters. The summed E-state index contributed by atoms with van der Waals surface area (Å²) in [4.78, 5) is 16.0. The van der Waals surface area contributed by atoms with Crippen LogP contribution in [0.25, 0.3) is 11.1 Å². The van der Waals surface area contributed by atoms with Gasteiger partial charge < -0.3 is 29.0 Å². The van der Waals surface area contributed by atoms with Crippen molar-refractivity contribution in [3.8, 4) is 22.8 Å². The SMILES string of the molecule is COCCOCCOc1nn([C@H]2CC[C@H](N3C4CC[C@@H]3COC4)CC2)cc1Nc1ncc(-c2ccc(Cl)c(O[C@@H](C)Cn3cncn3)c2)cn1. The Bertz CT molecular complexity index is 1630. The van der Waals surface area contributed by atoms with Crippen LogP contribution < -0.4 is 14.8 Å². The van der Waals surface area contributed by atoms with Gasteiger partial charge in [0, 0.05) is 43.2 Å². The highest BCUT2D eigenvalue weighted by Gasteiger charge is 2.42. The summed E-state index contributed by atoms with van der Waals surface area (Å²) in [5, 5.41) is 12.9. The molecule has 1 aliphatic carbocycles. The average molecular weight is 708 g/mol. The number of hydrogen-bond acceptors (Lipinski definition) is 12. The smallest absolute Gasteiger partial charge is 0.257 e. The van der Waals surface area contributed by atoms with Gasteiger partial charge in [0.15, 0.2) is 0 Å². The molecule has 0 amide bonds. The van der Waals surface area contributed by atoms with Crippen LogP contribution in [-0.4, -0.2) is 110 Å². The van der Waals surface area contributed by atoms with Gasteiger partial charge in [-0.3, -0.25) is 9.58 Å². The van der Waals surface area contributed by atoms with Gasteiger partial charge in [0.2, 0.25) is 5.95 Å². The monoisotopic (exact) mass is 707 g/mol. The van der Waals surface area contributed by atoms with Gasteiger partial charge >= 0.3 is 0 Å². The fraction of sp³-hybridized carbons (Fsp3) is 0.571. The second-order valence-corrected chi connectivity index (χ2v) is 13.6. The molecule has 7 rings (SSSR count). The Kier molecular flexibility index (Phi) is 11.4. The van der Waals surface area contributed by atoms with Crippen molar-refractivity contribution in [2.45, 2.75) is 82.3 Å². The number of hydrogen-bond donors (Lipinski definition) is 1. The molecule has 2 aliphatic heterocycles. The number of rotatable bonds is 16. The number of aromatic nitrogens is 7. The molecule has 0 radical (unpaired) electrons. The lowest BCUT2D eigenvalue weighted by molar-refractivity contribution is -0.0458. The summed E-state index contributed by atoms with van der Waals surface area (Å²) in [5.74, 6) is 1.51.